The Morgan fingerprint density at radius 3 is 2.24 bits per heavy atom. The predicted molar refractivity (Wildman–Crippen MR) is 81.8 cm³/mol. The molecule has 2 aliphatic rings. The highest BCUT2D eigenvalue weighted by Crippen LogP contribution is 2.19. The molecule has 0 aromatic heterocycles. The van der Waals surface area contributed by atoms with E-state index in [1.807, 2.05) is 25.7 Å². The molecule has 2 saturated heterocycles. The molecule has 0 radical (unpaired) electrons. The molecule has 1 atom stereocenters. The zero-order valence-electron chi connectivity index (χ0n) is 13.4. The number of nitrogens with zero attached hydrogens (tertiary/aromatic N) is 2. The van der Waals surface area contributed by atoms with Gasteiger partial charge in [-0.3, -0.25) is 14.5 Å². The van der Waals surface area contributed by atoms with Crippen LogP contribution in [0.3, 0.4) is 0 Å². The van der Waals surface area contributed by atoms with Gasteiger partial charge >= 0.3 is 0 Å². The van der Waals surface area contributed by atoms with Crippen molar-refractivity contribution in [1.82, 2.24) is 20.4 Å². The Morgan fingerprint density at radius 1 is 1.14 bits per heavy atom. The van der Waals surface area contributed by atoms with E-state index in [-0.39, 0.29) is 23.8 Å². The summed E-state index contributed by atoms with van der Waals surface area (Å²) in [4.78, 5) is 28.2. The number of carbonyl (C=O) groups is 2. The number of hydrogen-bond donors (Lipinski definition) is 2. The minimum atomic E-state index is 0.0682. The minimum Gasteiger partial charge on any atom is -0.353 e. The summed E-state index contributed by atoms with van der Waals surface area (Å²) < 4.78 is 0. The SMILES string of the molecule is CC(C)NC(=O)CN1CCN(C(=O)C(C)C2CNC2)CC1. The highest BCUT2D eigenvalue weighted by Gasteiger charge is 2.32. The van der Waals surface area contributed by atoms with Crippen molar-refractivity contribution >= 4 is 11.8 Å². The second-order valence-corrected chi connectivity index (χ2v) is 6.53. The van der Waals surface area contributed by atoms with Crippen molar-refractivity contribution in [3.05, 3.63) is 0 Å². The molecule has 0 aromatic rings. The third-order valence-electron chi connectivity index (χ3n) is 4.41. The highest BCUT2D eigenvalue weighted by molar-refractivity contribution is 5.79. The maximum Gasteiger partial charge on any atom is 0.234 e. The van der Waals surface area contributed by atoms with Gasteiger partial charge in [-0.1, -0.05) is 6.92 Å². The molecule has 0 bridgehead atoms. The molecular formula is C15H28N4O2. The maximum absolute atomic E-state index is 12.4. The third-order valence-corrected chi connectivity index (χ3v) is 4.41. The molecule has 2 amide bonds. The van der Waals surface area contributed by atoms with Crippen LogP contribution < -0.4 is 10.6 Å². The first-order chi connectivity index (χ1) is 9.97. The van der Waals surface area contributed by atoms with E-state index in [4.69, 9.17) is 0 Å². The quantitative estimate of drug-likeness (QED) is 0.719. The predicted octanol–water partition coefficient (Wildman–Crippen LogP) is -0.489. The van der Waals surface area contributed by atoms with Crippen LogP contribution in [-0.2, 0) is 9.59 Å². The summed E-state index contributed by atoms with van der Waals surface area (Å²) in [6, 6.07) is 0.178. The van der Waals surface area contributed by atoms with Crippen molar-refractivity contribution < 1.29 is 9.59 Å². The number of carbonyl (C=O) groups excluding carboxylic acids is 2. The van der Waals surface area contributed by atoms with Gasteiger partial charge < -0.3 is 15.5 Å². The van der Waals surface area contributed by atoms with Gasteiger partial charge in [-0.25, -0.2) is 0 Å². The van der Waals surface area contributed by atoms with Gasteiger partial charge in [0.15, 0.2) is 0 Å². The number of nitrogens with one attached hydrogen (secondary N) is 2. The van der Waals surface area contributed by atoms with Crippen molar-refractivity contribution in [1.29, 1.82) is 0 Å². The molecule has 1 unspecified atom stereocenters. The zero-order valence-corrected chi connectivity index (χ0v) is 13.4. The van der Waals surface area contributed by atoms with Crippen LogP contribution in [0.15, 0.2) is 0 Å². The van der Waals surface area contributed by atoms with E-state index in [9.17, 15) is 9.59 Å². The molecule has 2 aliphatic heterocycles. The van der Waals surface area contributed by atoms with Crippen LogP contribution in [0.25, 0.3) is 0 Å². The molecule has 6 nitrogen and oxygen atoms in total. The van der Waals surface area contributed by atoms with E-state index in [1.165, 1.54) is 0 Å². The Labute approximate surface area is 127 Å². The van der Waals surface area contributed by atoms with E-state index in [1.54, 1.807) is 0 Å². The van der Waals surface area contributed by atoms with Crippen LogP contribution in [0.5, 0.6) is 0 Å². The van der Waals surface area contributed by atoms with E-state index < -0.39 is 0 Å². The topological polar surface area (TPSA) is 64.7 Å². The first-order valence-corrected chi connectivity index (χ1v) is 7.98. The van der Waals surface area contributed by atoms with Gasteiger partial charge in [-0.05, 0) is 32.9 Å². The summed E-state index contributed by atoms with van der Waals surface area (Å²) in [6.45, 7) is 11.4. The maximum atomic E-state index is 12.4. The molecule has 2 rings (SSSR count). The van der Waals surface area contributed by atoms with Crippen molar-refractivity contribution in [3.8, 4) is 0 Å². The molecule has 2 fully saturated rings. The monoisotopic (exact) mass is 296 g/mol. The van der Waals surface area contributed by atoms with Crippen LogP contribution >= 0.6 is 0 Å². The van der Waals surface area contributed by atoms with E-state index >= 15 is 0 Å². The second-order valence-electron chi connectivity index (χ2n) is 6.53. The lowest BCUT2D eigenvalue weighted by molar-refractivity contribution is -0.139. The van der Waals surface area contributed by atoms with Crippen LogP contribution in [0, 0.1) is 11.8 Å². The smallest absolute Gasteiger partial charge is 0.234 e. The fourth-order valence-electron chi connectivity index (χ4n) is 2.85. The summed E-state index contributed by atoms with van der Waals surface area (Å²) in [5.74, 6) is 0.945. The normalized spacial score (nSPS) is 22.0. The molecule has 6 heteroatoms. The molecule has 2 heterocycles. The third kappa shape index (κ3) is 4.41. The lowest BCUT2D eigenvalue weighted by atomic mass is 9.88. The van der Waals surface area contributed by atoms with Crippen molar-refractivity contribution in [2.24, 2.45) is 11.8 Å². The molecule has 120 valence electrons. The molecular weight excluding hydrogens is 268 g/mol. The molecule has 0 saturated carbocycles. The van der Waals surface area contributed by atoms with Gasteiger partial charge in [0.1, 0.15) is 0 Å². The van der Waals surface area contributed by atoms with Crippen molar-refractivity contribution in [2.45, 2.75) is 26.8 Å². The van der Waals surface area contributed by atoms with Gasteiger partial charge in [0, 0.05) is 38.1 Å². The van der Waals surface area contributed by atoms with Gasteiger partial charge in [-0.2, -0.15) is 0 Å². The van der Waals surface area contributed by atoms with Gasteiger partial charge in [-0.15, -0.1) is 0 Å². The molecule has 0 aromatic carbocycles. The van der Waals surface area contributed by atoms with Crippen molar-refractivity contribution in [3.63, 3.8) is 0 Å². The Balaban J connectivity index is 1.72. The average Bonchev–Trinajstić information content (AvgIpc) is 2.35. The second kappa shape index (κ2) is 7.22. The van der Waals surface area contributed by atoms with Crippen LogP contribution in [0.4, 0.5) is 0 Å². The summed E-state index contributed by atoms with van der Waals surface area (Å²) >= 11 is 0. The zero-order chi connectivity index (χ0) is 15.4. The summed E-state index contributed by atoms with van der Waals surface area (Å²) in [6.07, 6.45) is 0. The summed E-state index contributed by atoms with van der Waals surface area (Å²) in [5, 5.41) is 6.12. The van der Waals surface area contributed by atoms with E-state index in [2.05, 4.69) is 15.5 Å². The molecule has 0 aliphatic carbocycles. The van der Waals surface area contributed by atoms with Crippen molar-refractivity contribution in [2.75, 3.05) is 45.8 Å². The lowest BCUT2D eigenvalue weighted by Crippen LogP contribution is -2.55. The Kier molecular flexibility index (Phi) is 5.58. The minimum absolute atomic E-state index is 0.0682. The van der Waals surface area contributed by atoms with Gasteiger partial charge in [0.05, 0.1) is 6.54 Å². The first kappa shape index (κ1) is 16.2. The van der Waals surface area contributed by atoms with E-state index in [0.29, 0.717) is 12.5 Å². The van der Waals surface area contributed by atoms with Gasteiger partial charge in [0.25, 0.3) is 0 Å². The van der Waals surface area contributed by atoms with Gasteiger partial charge in [0.2, 0.25) is 11.8 Å². The average molecular weight is 296 g/mol. The number of rotatable bonds is 5. The Morgan fingerprint density at radius 2 is 1.76 bits per heavy atom. The fraction of sp³-hybridized carbons (Fsp3) is 0.867. The Bertz CT molecular complexity index is 374. The standard InChI is InChI=1S/C15H28N4O2/c1-11(2)17-14(20)10-18-4-6-19(7-5-18)15(21)12(3)13-8-16-9-13/h11-13,16H,4-10H2,1-3H3,(H,17,20). The molecule has 0 spiro atoms. The number of amides is 2. The fourth-order valence-corrected chi connectivity index (χ4v) is 2.85. The Hall–Kier alpha value is -1.14. The molecule has 21 heavy (non-hydrogen) atoms. The van der Waals surface area contributed by atoms with Crippen LogP contribution in [0.2, 0.25) is 0 Å². The van der Waals surface area contributed by atoms with Crippen LogP contribution in [0.1, 0.15) is 20.8 Å². The lowest BCUT2D eigenvalue weighted by Gasteiger charge is -2.39. The largest absolute Gasteiger partial charge is 0.353 e. The highest BCUT2D eigenvalue weighted by atomic mass is 16.2. The number of piperazine rings is 1. The molecule has 2 N–H and O–H groups in total. The number of hydrogen-bond acceptors (Lipinski definition) is 4. The van der Waals surface area contributed by atoms with E-state index in [0.717, 1.165) is 39.3 Å². The first-order valence-electron chi connectivity index (χ1n) is 7.98. The van der Waals surface area contributed by atoms with Crippen LogP contribution in [-0.4, -0.2) is 73.5 Å². The summed E-state index contributed by atoms with van der Waals surface area (Å²) in [7, 11) is 0. The summed E-state index contributed by atoms with van der Waals surface area (Å²) in [5.41, 5.74) is 0.